The SMILES string of the molecule is CCC(=O)N[C@H](Cc1ccc(CNC(=O)[C@@H](NC(=O)c2ccnn2C)C2CCCCC2)cc1)C(=O)O. The molecule has 2 atom stereocenters. The molecule has 1 heterocycles. The van der Waals surface area contributed by atoms with Crippen LogP contribution in [0.15, 0.2) is 36.5 Å². The Balaban J connectivity index is 1.61. The Bertz CT molecular complexity index is 1060. The number of nitrogens with one attached hydrogen (secondary N) is 3. The van der Waals surface area contributed by atoms with Gasteiger partial charge < -0.3 is 21.1 Å². The van der Waals surface area contributed by atoms with Crippen LogP contribution in [0.25, 0.3) is 0 Å². The average molecular weight is 498 g/mol. The van der Waals surface area contributed by atoms with Gasteiger partial charge in [0.15, 0.2) is 0 Å². The number of amides is 3. The lowest BCUT2D eigenvalue weighted by atomic mass is 9.83. The molecule has 0 aliphatic heterocycles. The van der Waals surface area contributed by atoms with Crippen molar-refractivity contribution >= 4 is 23.7 Å². The Kier molecular flexibility index (Phi) is 9.61. The number of aryl methyl sites for hydroxylation is 1. The van der Waals surface area contributed by atoms with Crippen LogP contribution in [0.1, 0.15) is 67.1 Å². The normalized spacial score (nSPS) is 15.5. The zero-order valence-corrected chi connectivity index (χ0v) is 20.8. The lowest BCUT2D eigenvalue weighted by Crippen LogP contribution is -2.51. The zero-order valence-electron chi connectivity index (χ0n) is 20.8. The fourth-order valence-corrected chi connectivity index (χ4v) is 4.50. The second kappa shape index (κ2) is 12.9. The maximum Gasteiger partial charge on any atom is 0.326 e. The van der Waals surface area contributed by atoms with Crippen LogP contribution in [0.5, 0.6) is 0 Å². The highest BCUT2D eigenvalue weighted by Gasteiger charge is 2.31. The molecule has 1 saturated carbocycles. The molecule has 1 aromatic heterocycles. The molecule has 1 aliphatic rings. The Hall–Kier alpha value is -3.69. The van der Waals surface area contributed by atoms with E-state index in [0.29, 0.717) is 5.69 Å². The Labute approximate surface area is 210 Å². The highest BCUT2D eigenvalue weighted by Crippen LogP contribution is 2.27. The van der Waals surface area contributed by atoms with Crippen molar-refractivity contribution < 1.29 is 24.3 Å². The van der Waals surface area contributed by atoms with Gasteiger partial charge in [0, 0.05) is 32.6 Å². The number of aliphatic carboxylic acids is 1. The second-order valence-corrected chi connectivity index (χ2v) is 9.24. The molecule has 1 fully saturated rings. The Morgan fingerprint density at radius 2 is 1.69 bits per heavy atom. The molecule has 3 amide bonds. The van der Waals surface area contributed by atoms with Crippen LogP contribution in [0.2, 0.25) is 0 Å². The van der Waals surface area contributed by atoms with Gasteiger partial charge >= 0.3 is 5.97 Å². The van der Waals surface area contributed by atoms with Crippen LogP contribution in [0.4, 0.5) is 0 Å². The van der Waals surface area contributed by atoms with E-state index in [-0.39, 0.29) is 43.0 Å². The summed E-state index contributed by atoms with van der Waals surface area (Å²) in [6, 6.07) is 7.21. The van der Waals surface area contributed by atoms with Gasteiger partial charge in [-0.05, 0) is 36.0 Å². The van der Waals surface area contributed by atoms with Crippen LogP contribution in [-0.2, 0) is 34.4 Å². The van der Waals surface area contributed by atoms with E-state index in [4.69, 9.17) is 0 Å². The molecule has 10 nitrogen and oxygen atoms in total. The third-order valence-electron chi connectivity index (χ3n) is 6.63. The van der Waals surface area contributed by atoms with Gasteiger partial charge in [-0.15, -0.1) is 0 Å². The minimum atomic E-state index is -1.09. The Morgan fingerprint density at radius 3 is 2.28 bits per heavy atom. The fraction of sp³-hybridized carbons (Fsp3) is 0.500. The summed E-state index contributed by atoms with van der Waals surface area (Å²) in [4.78, 5) is 49.0. The molecule has 0 bridgehead atoms. The molecule has 10 heteroatoms. The van der Waals surface area contributed by atoms with E-state index in [1.54, 1.807) is 38.4 Å². The number of benzene rings is 1. The van der Waals surface area contributed by atoms with E-state index in [0.717, 1.165) is 43.2 Å². The maximum atomic E-state index is 13.2. The molecule has 4 N–H and O–H groups in total. The van der Waals surface area contributed by atoms with Gasteiger partial charge in [-0.1, -0.05) is 50.5 Å². The number of hydrogen-bond acceptors (Lipinski definition) is 5. The minimum absolute atomic E-state index is 0.0737. The van der Waals surface area contributed by atoms with Crippen molar-refractivity contribution in [2.24, 2.45) is 13.0 Å². The van der Waals surface area contributed by atoms with Crippen LogP contribution >= 0.6 is 0 Å². The predicted octanol–water partition coefficient (Wildman–Crippen LogP) is 1.94. The predicted molar refractivity (Wildman–Crippen MR) is 133 cm³/mol. The monoisotopic (exact) mass is 497 g/mol. The molecule has 2 aromatic rings. The molecule has 0 spiro atoms. The van der Waals surface area contributed by atoms with Gasteiger partial charge in [-0.3, -0.25) is 19.1 Å². The topological polar surface area (TPSA) is 142 Å². The third kappa shape index (κ3) is 7.40. The standard InChI is InChI=1S/C26H35N5O5/c1-3-22(32)29-20(26(35)36)15-17-9-11-18(12-10-17)16-27-25(34)23(19-7-5-4-6-8-19)30-24(33)21-13-14-28-31(21)2/h9-14,19-20,23H,3-8,15-16H2,1-2H3,(H,27,34)(H,29,32)(H,30,33)(H,35,36)/t20-,23+/m1/s1. The quantitative estimate of drug-likeness (QED) is 0.374. The lowest BCUT2D eigenvalue weighted by molar-refractivity contribution is -0.141. The van der Waals surface area contributed by atoms with Crippen molar-refractivity contribution in [2.75, 3.05) is 0 Å². The van der Waals surface area contributed by atoms with Gasteiger partial charge in [0.25, 0.3) is 5.91 Å². The van der Waals surface area contributed by atoms with Crippen LogP contribution in [0.3, 0.4) is 0 Å². The summed E-state index contributed by atoms with van der Waals surface area (Å²) in [5, 5.41) is 21.8. The number of rotatable bonds is 11. The minimum Gasteiger partial charge on any atom is -0.480 e. The third-order valence-corrected chi connectivity index (χ3v) is 6.63. The first-order valence-electron chi connectivity index (χ1n) is 12.4. The van der Waals surface area contributed by atoms with E-state index in [2.05, 4.69) is 21.0 Å². The van der Waals surface area contributed by atoms with Gasteiger partial charge in [0.1, 0.15) is 17.8 Å². The highest BCUT2D eigenvalue weighted by atomic mass is 16.4. The molecule has 3 rings (SSSR count). The molecule has 1 aromatic carbocycles. The first-order chi connectivity index (χ1) is 17.3. The largest absolute Gasteiger partial charge is 0.480 e. The maximum absolute atomic E-state index is 13.2. The number of carbonyl (C=O) groups is 4. The molecular weight excluding hydrogens is 462 g/mol. The number of carbonyl (C=O) groups excluding carboxylic acids is 3. The van der Waals surface area contributed by atoms with Crippen molar-refractivity contribution in [1.29, 1.82) is 0 Å². The number of nitrogens with zero attached hydrogens (tertiary/aromatic N) is 2. The smallest absolute Gasteiger partial charge is 0.326 e. The first-order valence-corrected chi connectivity index (χ1v) is 12.4. The lowest BCUT2D eigenvalue weighted by Gasteiger charge is -2.30. The van der Waals surface area contributed by atoms with Crippen molar-refractivity contribution in [1.82, 2.24) is 25.7 Å². The summed E-state index contributed by atoms with van der Waals surface area (Å²) in [5.74, 6) is -1.88. The van der Waals surface area contributed by atoms with Gasteiger partial charge in [-0.25, -0.2) is 4.79 Å². The van der Waals surface area contributed by atoms with E-state index in [9.17, 15) is 24.3 Å². The fourth-order valence-electron chi connectivity index (χ4n) is 4.50. The molecule has 0 unspecified atom stereocenters. The van der Waals surface area contributed by atoms with Gasteiger partial charge in [-0.2, -0.15) is 5.10 Å². The van der Waals surface area contributed by atoms with E-state index in [1.807, 2.05) is 12.1 Å². The first kappa shape index (κ1) is 26.9. The summed E-state index contributed by atoms with van der Waals surface area (Å²) in [6.07, 6.45) is 6.91. The Morgan fingerprint density at radius 1 is 1.03 bits per heavy atom. The molecule has 0 radical (unpaired) electrons. The average Bonchev–Trinajstić information content (AvgIpc) is 3.32. The van der Waals surface area contributed by atoms with E-state index in [1.165, 1.54) is 4.68 Å². The summed E-state index contributed by atoms with van der Waals surface area (Å²) < 4.78 is 1.48. The van der Waals surface area contributed by atoms with Crippen molar-refractivity contribution in [3.63, 3.8) is 0 Å². The van der Waals surface area contributed by atoms with Gasteiger partial charge in [0.2, 0.25) is 11.8 Å². The van der Waals surface area contributed by atoms with Gasteiger partial charge in [0.05, 0.1) is 0 Å². The molecule has 36 heavy (non-hydrogen) atoms. The van der Waals surface area contributed by atoms with E-state index >= 15 is 0 Å². The molecular formula is C26H35N5O5. The van der Waals surface area contributed by atoms with E-state index < -0.39 is 18.1 Å². The molecule has 1 aliphatic carbocycles. The second-order valence-electron chi connectivity index (χ2n) is 9.24. The summed E-state index contributed by atoms with van der Waals surface area (Å²) in [5.41, 5.74) is 2.00. The van der Waals surface area contributed by atoms with Crippen molar-refractivity contribution in [3.8, 4) is 0 Å². The number of carboxylic acid groups (broad SMARTS) is 1. The number of hydrogen-bond donors (Lipinski definition) is 4. The molecule has 0 saturated heterocycles. The zero-order chi connectivity index (χ0) is 26.1. The highest BCUT2D eigenvalue weighted by molar-refractivity contribution is 5.96. The van der Waals surface area contributed by atoms with Crippen molar-refractivity contribution in [3.05, 3.63) is 53.3 Å². The van der Waals surface area contributed by atoms with Crippen LogP contribution < -0.4 is 16.0 Å². The number of carboxylic acids is 1. The molecule has 194 valence electrons. The summed E-state index contributed by atoms with van der Waals surface area (Å²) in [7, 11) is 1.69. The van der Waals surface area contributed by atoms with Crippen LogP contribution in [-0.4, -0.2) is 50.7 Å². The van der Waals surface area contributed by atoms with Crippen molar-refractivity contribution in [2.45, 2.75) is 70.5 Å². The van der Waals surface area contributed by atoms with Crippen LogP contribution in [0, 0.1) is 5.92 Å². The summed E-state index contributed by atoms with van der Waals surface area (Å²) >= 11 is 0. The summed E-state index contributed by atoms with van der Waals surface area (Å²) in [6.45, 7) is 1.94. The number of aromatic nitrogens is 2.